The van der Waals surface area contributed by atoms with Gasteiger partial charge >= 0.3 is 0 Å². The summed E-state index contributed by atoms with van der Waals surface area (Å²) in [7, 11) is 1.75. The maximum absolute atomic E-state index is 6.35. The molecule has 2 aliphatic heterocycles. The van der Waals surface area contributed by atoms with E-state index in [0.717, 1.165) is 25.3 Å². The highest BCUT2D eigenvalue weighted by molar-refractivity contribution is 5.48. The minimum Gasteiger partial charge on any atom is -0.497 e. The first-order valence-electron chi connectivity index (χ1n) is 7.74. The lowest BCUT2D eigenvalue weighted by Gasteiger charge is -2.61. The second-order valence-electron chi connectivity index (χ2n) is 6.63. The van der Waals surface area contributed by atoms with Gasteiger partial charge in [0.15, 0.2) is 0 Å². The standard InChI is InChI=1S/C17H23NO2/c1-16-15-10-12-4-5-13(19-2)11-14(12)17(16,7-8-18-15)6-3-9-20-16/h4-5,11,15,18H,3,6-10H2,1-2H3/t15-,16+,17+/m1/s1. The predicted molar refractivity (Wildman–Crippen MR) is 78.4 cm³/mol. The average Bonchev–Trinajstić information content (AvgIpc) is 2.46. The van der Waals surface area contributed by atoms with Gasteiger partial charge in [-0.3, -0.25) is 0 Å². The fourth-order valence-corrected chi connectivity index (χ4v) is 4.84. The predicted octanol–water partition coefficient (Wildman–Crippen LogP) is 2.42. The maximum Gasteiger partial charge on any atom is 0.119 e. The lowest BCUT2D eigenvalue weighted by Crippen LogP contribution is -2.71. The molecule has 0 aromatic heterocycles. The van der Waals surface area contributed by atoms with Crippen LogP contribution in [0.3, 0.4) is 0 Å². The number of rotatable bonds is 1. The molecular weight excluding hydrogens is 250 g/mol. The Morgan fingerprint density at radius 3 is 3.10 bits per heavy atom. The first-order valence-corrected chi connectivity index (χ1v) is 7.74. The van der Waals surface area contributed by atoms with Crippen LogP contribution in [0.5, 0.6) is 5.75 Å². The zero-order chi connectivity index (χ0) is 13.8. The Balaban J connectivity index is 1.93. The van der Waals surface area contributed by atoms with E-state index in [-0.39, 0.29) is 11.0 Å². The molecule has 3 nitrogen and oxygen atoms in total. The van der Waals surface area contributed by atoms with Crippen molar-refractivity contribution in [1.82, 2.24) is 5.32 Å². The van der Waals surface area contributed by atoms with Crippen molar-refractivity contribution in [3.8, 4) is 5.75 Å². The van der Waals surface area contributed by atoms with Crippen molar-refractivity contribution in [2.24, 2.45) is 0 Å². The Bertz CT molecular complexity index is 540. The van der Waals surface area contributed by atoms with Gasteiger partial charge < -0.3 is 14.8 Å². The summed E-state index contributed by atoms with van der Waals surface area (Å²) in [6.07, 6.45) is 4.64. The van der Waals surface area contributed by atoms with Crippen LogP contribution >= 0.6 is 0 Å². The van der Waals surface area contributed by atoms with Gasteiger partial charge in [0.2, 0.25) is 0 Å². The smallest absolute Gasteiger partial charge is 0.119 e. The van der Waals surface area contributed by atoms with E-state index in [9.17, 15) is 0 Å². The fourth-order valence-electron chi connectivity index (χ4n) is 4.84. The highest BCUT2D eigenvalue weighted by Gasteiger charge is 2.60. The molecule has 0 amide bonds. The van der Waals surface area contributed by atoms with Gasteiger partial charge in [-0.05, 0) is 62.4 Å². The minimum atomic E-state index is -0.0666. The van der Waals surface area contributed by atoms with E-state index >= 15 is 0 Å². The Hall–Kier alpha value is -1.06. The lowest BCUT2D eigenvalue weighted by atomic mass is 9.53. The van der Waals surface area contributed by atoms with E-state index in [1.807, 2.05) is 0 Å². The number of hydrogen-bond acceptors (Lipinski definition) is 3. The third kappa shape index (κ3) is 1.43. The molecule has 1 aromatic carbocycles. The van der Waals surface area contributed by atoms with Gasteiger partial charge in [-0.25, -0.2) is 0 Å². The number of benzene rings is 1. The molecule has 108 valence electrons. The molecule has 0 unspecified atom stereocenters. The van der Waals surface area contributed by atoms with Crippen LogP contribution in [0.25, 0.3) is 0 Å². The van der Waals surface area contributed by atoms with Crippen molar-refractivity contribution in [2.45, 2.75) is 49.7 Å². The summed E-state index contributed by atoms with van der Waals surface area (Å²) >= 11 is 0. The average molecular weight is 273 g/mol. The molecule has 0 saturated carbocycles. The monoisotopic (exact) mass is 273 g/mol. The van der Waals surface area contributed by atoms with Gasteiger partial charge in [-0.2, -0.15) is 0 Å². The number of ether oxygens (including phenoxy) is 2. The molecule has 1 aromatic rings. The number of fused-ring (bicyclic) bond motifs is 1. The Morgan fingerprint density at radius 2 is 2.25 bits per heavy atom. The minimum absolute atomic E-state index is 0.0666. The van der Waals surface area contributed by atoms with Crippen molar-refractivity contribution in [3.05, 3.63) is 29.3 Å². The van der Waals surface area contributed by atoms with Crippen LogP contribution in [-0.2, 0) is 16.6 Å². The molecule has 1 N–H and O–H groups in total. The molecule has 0 radical (unpaired) electrons. The first kappa shape index (κ1) is 12.7. The Morgan fingerprint density at radius 1 is 1.35 bits per heavy atom. The molecule has 4 rings (SSSR count). The quantitative estimate of drug-likeness (QED) is 0.852. The molecule has 0 spiro atoms. The molecule has 1 aliphatic carbocycles. The Labute approximate surface area is 120 Å². The van der Waals surface area contributed by atoms with Crippen LogP contribution in [0.2, 0.25) is 0 Å². The lowest BCUT2D eigenvalue weighted by molar-refractivity contribution is -0.165. The molecule has 2 saturated heterocycles. The zero-order valence-corrected chi connectivity index (χ0v) is 12.4. The van der Waals surface area contributed by atoms with E-state index in [2.05, 4.69) is 30.4 Å². The largest absolute Gasteiger partial charge is 0.497 e. The van der Waals surface area contributed by atoms with Gasteiger partial charge in [0.05, 0.1) is 12.7 Å². The van der Waals surface area contributed by atoms with Crippen LogP contribution < -0.4 is 10.1 Å². The topological polar surface area (TPSA) is 30.5 Å². The van der Waals surface area contributed by atoms with Gasteiger partial charge in [-0.15, -0.1) is 0 Å². The van der Waals surface area contributed by atoms with Crippen molar-refractivity contribution in [2.75, 3.05) is 20.3 Å². The van der Waals surface area contributed by atoms with Gasteiger partial charge in [0, 0.05) is 18.1 Å². The fraction of sp³-hybridized carbons (Fsp3) is 0.647. The van der Waals surface area contributed by atoms with Crippen LogP contribution in [0.1, 0.15) is 37.3 Å². The molecule has 3 heteroatoms. The van der Waals surface area contributed by atoms with Crippen molar-refractivity contribution < 1.29 is 9.47 Å². The van der Waals surface area contributed by atoms with E-state index < -0.39 is 0 Å². The van der Waals surface area contributed by atoms with Crippen molar-refractivity contribution in [3.63, 3.8) is 0 Å². The van der Waals surface area contributed by atoms with Gasteiger partial charge in [0.25, 0.3) is 0 Å². The zero-order valence-electron chi connectivity index (χ0n) is 12.4. The summed E-state index contributed by atoms with van der Waals surface area (Å²) in [4.78, 5) is 0. The summed E-state index contributed by atoms with van der Waals surface area (Å²) in [5.41, 5.74) is 3.06. The number of piperidine rings is 1. The van der Waals surface area contributed by atoms with E-state index in [4.69, 9.17) is 9.47 Å². The third-order valence-electron chi connectivity index (χ3n) is 5.96. The molecule has 2 bridgehead atoms. The SMILES string of the molecule is COc1ccc2c(c1)[C@@]13CCCO[C@@]1(C)[C@@H](C2)NCC3. The maximum atomic E-state index is 6.35. The van der Waals surface area contributed by atoms with Crippen LogP contribution in [-0.4, -0.2) is 31.9 Å². The molecular formula is C17H23NO2. The highest BCUT2D eigenvalue weighted by Crippen LogP contribution is 2.55. The first-order chi connectivity index (χ1) is 9.69. The van der Waals surface area contributed by atoms with Crippen LogP contribution in [0.15, 0.2) is 18.2 Å². The molecule has 3 atom stereocenters. The molecule has 3 aliphatic rings. The molecule has 2 heterocycles. The van der Waals surface area contributed by atoms with Crippen LogP contribution in [0, 0.1) is 0 Å². The normalized spacial score (nSPS) is 38.8. The second kappa shape index (κ2) is 4.22. The van der Waals surface area contributed by atoms with Crippen molar-refractivity contribution >= 4 is 0 Å². The third-order valence-corrected chi connectivity index (χ3v) is 5.96. The molecule has 2 fully saturated rings. The van der Waals surface area contributed by atoms with Gasteiger partial charge in [-0.1, -0.05) is 6.07 Å². The summed E-state index contributed by atoms with van der Waals surface area (Å²) in [6, 6.07) is 7.06. The summed E-state index contributed by atoms with van der Waals surface area (Å²) < 4.78 is 11.8. The number of hydrogen-bond donors (Lipinski definition) is 1. The summed E-state index contributed by atoms with van der Waals surface area (Å²) in [6.45, 7) is 4.32. The van der Waals surface area contributed by atoms with Gasteiger partial charge in [0.1, 0.15) is 5.75 Å². The highest BCUT2D eigenvalue weighted by atomic mass is 16.5. The van der Waals surface area contributed by atoms with E-state index in [0.29, 0.717) is 6.04 Å². The van der Waals surface area contributed by atoms with E-state index in [1.54, 1.807) is 7.11 Å². The van der Waals surface area contributed by atoms with E-state index in [1.165, 1.54) is 30.4 Å². The summed E-state index contributed by atoms with van der Waals surface area (Å²) in [5.74, 6) is 0.975. The molecule has 20 heavy (non-hydrogen) atoms. The van der Waals surface area contributed by atoms with Crippen LogP contribution in [0.4, 0.5) is 0 Å². The summed E-state index contributed by atoms with van der Waals surface area (Å²) in [5, 5.41) is 3.70. The second-order valence-corrected chi connectivity index (χ2v) is 6.63. The Kier molecular flexibility index (Phi) is 2.67. The number of methoxy groups -OCH3 is 1. The van der Waals surface area contributed by atoms with Crippen molar-refractivity contribution in [1.29, 1.82) is 0 Å². The number of nitrogens with one attached hydrogen (secondary N) is 1.